The van der Waals surface area contributed by atoms with E-state index in [2.05, 4.69) is 37.4 Å². The summed E-state index contributed by atoms with van der Waals surface area (Å²) in [6, 6.07) is 6.64. The van der Waals surface area contributed by atoms with E-state index in [9.17, 15) is 0 Å². The van der Waals surface area contributed by atoms with Crippen LogP contribution in [0.5, 0.6) is 0 Å². The Morgan fingerprint density at radius 1 is 1.22 bits per heavy atom. The molecule has 1 fully saturated rings. The van der Waals surface area contributed by atoms with Gasteiger partial charge in [-0.25, -0.2) is 0 Å². The third-order valence-corrected chi connectivity index (χ3v) is 3.75. The zero-order valence-electron chi connectivity index (χ0n) is 11.7. The van der Waals surface area contributed by atoms with E-state index in [0.29, 0.717) is 6.10 Å². The maximum Gasteiger partial charge on any atom is 0.0594 e. The highest BCUT2D eigenvalue weighted by Crippen LogP contribution is 2.20. The molecule has 1 aliphatic rings. The molecule has 0 spiro atoms. The molecule has 0 radical (unpaired) electrons. The van der Waals surface area contributed by atoms with Crippen LogP contribution in [0.3, 0.4) is 0 Å². The normalized spacial score (nSPS) is 16.3. The van der Waals surface area contributed by atoms with Gasteiger partial charge >= 0.3 is 0 Å². The van der Waals surface area contributed by atoms with Crippen LogP contribution in [0, 0.1) is 13.8 Å². The summed E-state index contributed by atoms with van der Waals surface area (Å²) in [6.45, 7) is 7.05. The van der Waals surface area contributed by atoms with E-state index in [4.69, 9.17) is 4.74 Å². The van der Waals surface area contributed by atoms with Crippen molar-refractivity contribution in [1.82, 2.24) is 5.32 Å². The van der Waals surface area contributed by atoms with E-state index in [1.54, 1.807) is 0 Å². The molecule has 0 saturated heterocycles. The van der Waals surface area contributed by atoms with Crippen molar-refractivity contribution < 1.29 is 4.74 Å². The average molecular weight is 247 g/mol. The molecule has 18 heavy (non-hydrogen) atoms. The van der Waals surface area contributed by atoms with Crippen LogP contribution in [-0.2, 0) is 11.3 Å². The molecule has 0 aliphatic heterocycles. The number of hydrogen-bond donors (Lipinski definition) is 1. The molecule has 1 aliphatic carbocycles. The van der Waals surface area contributed by atoms with Crippen LogP contribution in [0.2, 0.25) is 0 Å². The van der Waals surface area contributed by atoms with E-state index < -0.39 is 0 Å². The Kier molecular flexibility index (Phi) is 5.21. The van der Waals surface area contributed by atoms with Crippen LogP contribution in [0.4, 0.5) is 0 Å². The number of hydrogen-bond acceptors (Lipinski definition) is 2. The molecular weight excluding hydrogens is 222 g/mol. The van der Waals surface area contributed by atoms with E-state index >= 15 is 0 Å². The van der Waals surface area contributed by atoms with Gasteiger partial charge in [0.05, 0.1) is 12.7 Å². The number of aryl methyl sites for hydroxylation is 2. The second kappa shape index (κ2) is 6.91. The van der Waals surface area contributed by atoms with Crippen LogP contribution in [0.25, 0.3) is 0 Å². The number of rotatable bonds is 6. The lowest BCUT2D eigenvalue weighted by Gasteiger charge is -2.12. The van der Waals surface area contributed by atoms with Gasteiger partial charge in [0.15, 0.2) is 0 Å². The molecule has 1 aromatic carbocycles. The van der Waals surface area contributed by atoms with E-state index in [1.165, 1.54) is 42.4 Å². The molecule has 1 saturated carbocycles. The molecule has 100 valence electrons. The predicted molar refractivity (Wildman–Crippen MR) is 75.8 cm³/mol. The first kappa shape index (κ1) is 13.6. The third kappa shape index (κ3) is 4.11. The van der Waals surface area contributed by atoms with Crippen molar-refractivity contribution in [3.05, 3.63) is 34.9 Å². The fourth-order valence-corrected chi connectivity index (χ4v) is 2.62. The number of nitrogens with one attached hydrogen (secondary N) is 1. The van der Waals surface area contributed by atoms with Crippen molar-refractivity contribution in [1.29, 1.82) is 0 Å². The first-order valence-electron chi connectivity index (χ1n) is 7.14. The van der Waals surface area contributed by atoms with Crippen molar-refractivity contribution >= 4 is 0 Å². The molecule has 0 bridgehead atoms. The summed E-state index contributed by atoms with van der Waals surface area (Å²) in [4.78, 5) is 0. The fraction of sp³-hybridized carbons (Fsp3) is 0.625. The minimum Gasteiger partial charge on any atom is -0.377 e. The molecule has 0 amide bonds. The Labute approximate surface area is 111 Å². The summed E-state index contributed by atoms with van der Waals surface area (Å²) in [7, 11) is 0. The Morgan fingerprint density at radius 2 is 2.00 bits per heavy atom. The molecule has 0 heterocycles. The third-order valence-electron chi connectivity index (χ3n) is 3.75. The van der Waals surface area contributed by atoms with Gasteiger partial charge in [-0.15, -0.1) is 0 Å². The number of ether oxygens (including phenoxy) is 1. The lowest BCUT2D eigenvalue weighted by molar-refractivity contribution is 0.0602. The van der Waals surface area contributed by atoms with Crippen molar-refractivity contribution in [2.45, 2.75) is 52.2 Å². The van der Waals surface area contributed by atoms with Crippen molar-refractivity contribution in [3.63, 3.8) is 0 Å². The molecule has 0 unspecified atom stereocenters. The van der Waals surface area contributed by atoms with Gasteiger partial charge in [0.25, 0.3) is 0 Å². The smallest absolute Gasteiger partial charge is 0.0594 e. The first-order valence-corrected chi connectivity index (χ1v) is 7.14. The Balaban J connectivity index is 1.62. The molecular formula is C16H25NO. The molecule has 1 N–H and O–H groups in total. The van der Waals surface area contributed by atoms with Crippen molar-refractivity contribution in [2.75, 3.05) is 13.2 Å². The van der Waals surface area contributed by atoms with E-state index in [1.807, 2.05) is 0 Å². The monoisotopic (exact) mass is 247 g/mol. The molecule has 1 aromatic rings. The van der Waals surface area contributed by atoms with Gasteiger partial charge in [0.2, 0.25) is 0 Å². The Bertz CT molecular complexity index is 369. The summed E-state index contributed by atoms with van der Waals surface area (Å²) in [5.74, 6) is 0. The fourth-order valence-electron chi connectivity index (χ4n) is 2.62. The largest absolute Gasteiger partial charge is 0.377 e. The lowest BCUT2D eigenvalue weighted by Crippen LogP contribution is -2.22. The quantitative estimate of drug-likeness (QED) is 0.778. The molecule has 2 nitrogen and oxygen atoms in total. The molecule has 2 rings (SSSR count). The van der Waals surface area contributed by atoms with Gasteiger partial charge in [-0.2, -0.15) is 0 Å². The Hall–Kier alpha value is -0.860. The highest BCUT2D eigenvalue weighted by atomic mass is 16.5. The standard InChI is InChI=1S/C16H25NO/c1-13-7-8-15(14(2)11-13)12-17-9-10-18-16-5-3-4-6-16/h7-8,11,16-17H,3-6,9-10,12H2,1-2H3. The van der Waals surface area contributed by atoms with Crippen molar-refractivity contribution in [3.8, 4) is 0 Å². The first-order chi connectivity index (χ1) is 8.75. The Morgan fingerprint density at radius 3 is 2.72 bits per heavy atom. The van der Waals surface area contributed by atoms with E-state index in [0.717, 1.165) is 19.7 Å². The van der Waals surface area contributed by atoms with Crippen molar-refractivity contribution in [2.24, 2.45) is 0 Å². The minimum absolute atomic E-state index is 0.535. The van der Waals surface area contributed by atoms with Gasteiger partial charge in [-0.05, 0) is 37.8 Å². The molecule has 0 aromatic heterocycles. The summed E-state index contributed by atoms with van der Waals surface area (Å²) < 4.78 is 5.83. The SMILES string of the molecule is Cc1ccc(CNCCOC2CCCC2)c(C)c1. The van der Waals surface area contributed by atoms with Crippen LogP contribution in [0.1, 0.15) is 42.4 Å². The van der Waals surface area contributed by atoms with Crippen LogP contribution in [-0.4, -0.2) is 19.3 Å². The van der Waals surface area contributed by atoms with Crippen LogP contribution >= 0.6 is 0 Å². The van der Waals surface area contributed by atoms with Crippen LogP contribution in [0.15, 0.2) is 18.2 Å². The summed E-state index contributed by atoms with van der Waals surface area (Å²) in [5.41, 5.74) is 4.10. The second-order valence-corrected chi connectivity index (χ2v) is 5.38. The average Bonchev–Trinajstić information content (AvgIpc) is 2.84. The highest BCUT2D eigenvalue weighted by molar-refractivity contribution is 5.30. The zero-order chi connectivity index (χ0) is 12.8. The number of benzene rings is 1. The summed E-state index contributed by atoms with van der Waals surface area (Å²) >= 11 is 0. The topological polar surface area (TPSA) is 21.3 Å². The minimum atomic E-state index is 0.535. The molecule has 0 atom stereocenters. The van der Waals surface area contributed by atoms with Gasteiger partial charge in [0, 0.05) is 13.1 Å². The summed E-state index contributed by atoms with van der Waals surface area (Å²) in [5, 5.41) is 3.46. The highest BCUT2D eigenvalue weighted by Gasteiger charge is 2.14. The van der Waals surface area contributed by atoms with Gasteiger partial charge in [-0.1, -0.05) is 36.6 Å². The second-order valence-electron chi connectivity index (χ2n) is 5.38. The maximum atomic E-state index is 5.83. The maximum absolute atomic E-state index is 5.83. The lowest BCUT2D eigenvalue weighted by atomic mass is 10.1. The van der Waals surface area contributed by atoms with Gasteiger partial charge in [0.1, 0.15) is 0 Å². The summed E-state index contributed by atoms with van der Waals surface area (Å²) in [6.07, 6.45) is 5.75. The van der Waals surface area contributed by atoms with Gasteiger partial charge in [-0.3, -0.25) is 0 Å². The molecule has 2 heteroatoms. The predicted octanol–water partition coefficient (Wildman–Crippen LogP) is 3.35. The zero-order valence-corrected chi connectivity index (χ0v) is 11.7. The van der Waals surface area contributed by atoms with E-state index in [-0.39, 0.29) is 0 Å². The van der Waals surface area contributed by atoms with Gasteiger partial charge < -0.3 is 10.1 Å². The van der Waals surface area contributed by atoms with Crippen LogP contribution < -0.4 is 5.32 Å².